The number of sulfone groups is 1. The maximum Gasteiger partial charge on any atom is 0.351 e. The molecule has 1 N–H and O–H groups in total. The molecule has 1 aromatic rings. The van der Waals surface area contributed by atoms with Crippen molar-refractivity contribution >= 4 is 21.9 Å². The highest BCUT2D eigenvalue weighted by molar-refractivity contribution is 7.98. The van der Waals surface area contributed by atoms with Crippen LogP contribution >= 0.6 is 0 Å². The molecule has 2 fully saturated rings. The molecule has 2 heterocycles. The van der Waals surface area contributed by atoms with Crippen LogP contribution in [0.15, 0.2) is 58.3 Å². The lowest BCUT2D eigenvalue weighted by molar-refractivity contribution is -0.145. The fourth-order valence-corrected chi connectivity index (χ4v) is 7.05. The molecular formula is C24H26N2O6S. The van der Waals surface area contributed by atoms with Gasteiger partial charge in [0.05, 0.1) is 12.1 Å². The molecule has 1 aliphatic heterocycles. The summed E-state index contributed by atoms with van der Waals surface area (Å²) in [5.41, 5.74) is -0.773. The number of hydrogen-bond acceptors (Lipinski definition) is 6. The van der Waals surface area contributed by atoms with Gasteiger partial charge in [0.1, 0.15) is 5.56 Å². The van der Waals surface area contributed by atoms with Gasteiger partial charge in [-0.15, -0.1) is 0 Å². The minimum atomic E-state index is -4.11. The van der Waals surface area contributed by atoms with E-state index in [4.69, 9.17) is 4.74 Å². The molecule has 1 aromatic heterocycles. The third-order valence-corrected chi connectivity index (χ3v) is 9.16. The summed E-state index contributed by atoms with van der Waals surface area (Å²) in [5, 5.41) is 11.1. The average molecular weight is 471 g/mol. The van der Waals surface area contributed by atoms with Gasteiger partial charge in [0.2, 0.25) is 20.7 Å². The van der Waals surface area contributed by atoms with Crippen LogP contribution in [0, 0.1) is 0 Å². The van der Waals surface area contributed by atoms with Gasteiger partial charge in [-0.05, 0) is 31.8 Å². The summed E-state index contributed by atoms with van der Waals surface area (Å²) in [7, 11) is -4.11. The van der Waals surface area contributed by atoms with Gasteiger partial charge in [-0.3, -0.25) is 4.79 Å². The third kappa shape index (κ3) is 3.37. The summed E-state index contributed by atoms with van der Waals surface area (Å²) in [6.45, 7) is 0. The molecule has 33 heavy (non-hydrogen) atoms. The van der Waals surface area contributed by atoms with Crippen LogP contribution in [-0.2, 0) is 19.4 Å². The summed E-state index contributed by atoms with van der Waals surface area (Å²) in [6.07, 6.45) is 19.8. The van der Waals surface area contributed by atoms with Gasteiger partial charge < -0.3 is 9.84 Å². The molecule has 5 rings (SSSR count). The van der Waals surface area contributed by atoms with Crippen LogP contribution in [0.5, 0.6) is 5.88 Å². The molecule has 4 aliphatic rings. The zero-order valence-electron chi connectivity index (χ0n) is 18.1. The van der Waals surface area contributed by atoms with Gasteiger partial charge in [0, 0.05) is 12.8 Å². The maximum absolute atomic E-state index is 13.5. The number of carbonyl (C=O) groups excluding carboxylic acids is 1. The second-order valence-corrected chi connectivity index (χ2v) is 11.0. The second kappa shape index (κ2) is 8.06. The summed E-state index contributed by atoms with van der Waals surface area (Å²) >= 11 is 0. The minimum absolute atomic E-state index is 0.218. The van der Waals surface area contributed by atoms with Crippen molar-refractivity contribution in [3.63, 3.8) is 0 Å². The number of carbonyl (C=O) groups is 1. The van der Waals surface area contributed by atoms with Crippen LogP contribution < -0.4 is 5.56 Å². The van der Waals surface area contributed by atoms with E-state index in [1.807, 2.05) is 48.6 Å². The zero-order valence-corrected chi connectivity index (χ0v) is 18.9. The van der Waals surface area contributed by atoms with Crippen molar-refractivity contribution in [2.75, 3.05) is 0 Å². The van der Waals surface area contributed by atoms with E-state index in [0.29, 0.717) is 25.7 Å². The molecular weight excluding hydrogens is 444 g/mol. The van der Waals surface area contributed by atoms with Gasteiger partial charge in [0.15, 0.2) is 4.91 Å². The van der Waals surface area contributed by atoms with E-state index in [1.165, 1.54) is 9.36 Å². The lowest BCUT2D eigenvalue weighted by Gasteiger charge is -2.29. The fourth-order valence-electron chi connectivity index (χ4n) is 5.11. The minimum Gasteiger partial charge on any atom is -0.493 e. The molecule has 2 unspecified atom stereocenters. The van der Waals surface area contributed by atoms with Crippen LogP contribution in [0.25, 0.3) is 6.08 Å². The predicted octanol–water partition coefficient (Wildman–Crippen LogP) is 3.44. The first-order valence-corrected chi connectivity index (χ1v) is 12.8. The van der Waals surface area contributed by atoms with E-state index in [9.17, 15) is 23.1 Å². The molecule has 1 saturated carbocycles. The molecule has 2 atom stereocenters. The Kier molecular flexibility index (Phi) is 5.31. The first-order valence-electron chi connectivity index (χ1n) is 11.3. The summed E-state index contributed by atoms with van der Waals surface area (Å²) in [4.78, 5) is 24.1. The van der Waals surface area contributed by atoms with Gasteiger partial charge in [-0.1, -0.05) is 55.0 Å². The molecule has 8 nitrogen and oxygen atoms in total. The summed E-state index contributed by atoms with van der Waals surface area (Å²) < 4.78 is 35.0. The highest BCUT2D eigenvalue weighted by Crippen LogP contribution is 2.46. The van der Waals surface area contributed by atoms with Crippen molar-refractivity contribution in [2.24, 2.45) is 0 Å². The Labute approximate surface area is 191 Å². The van der Waals surface area contributed by atoms with Crippen LogP contribution in [0.1, 0.15) is 62.6 Å². The zero-order chi connectivity index (χ0) is 23.2. The second-order valence-electron chi connectivity index (χ2n) is 8.84. The monoisotopic (exact) mass is 470 g/mol. The molecule has 174 valence electrons. The Morgan fingerprint density at radius 1 is 0.939 bits per heavy atom. The summed E-state index contributed by atoms with van der Waals surface area (Å²) in [6, 6.07) is -0.678. The topological polar surface area (TPSA) is 108 Å². The fraction of sp³-hybridized carbons (Fsp3) is 0.417. The number of nitrogens with zero attached hydrogens (tertiary/aromatic N) is 2. The summed E-state index contributed by atoms with van der Waals surface area (Å²) in [5.74, 6) is -1.33. The SMILES string of the molecule is O=C1OC2(CCCCC2)S(=O)(=O)C1=Cc1c(O)n(C2C=CC=CC2)n(C2C=CC=CC2)c1=O. The number of hydrogen-bond donors (Lipinski definition) is 1. The van der Waals surface area contributed by atoms with E-state index in [-0.39, 0.29) is 36.4 Å². The largest absolute Gasteiger partial charge is 0.493 e. The van der Waals surface area contributed by atoms with E-state index in [1.54, 1.807) is 0 Å². The Bertz CT molecular complexity index is 1300. The first-order chi connectivity index (χ1) is 15.9. The molecule has 0 aromatic carbocycles. The number of rotatable bonds is 3. The Morgan fingerprint density at radius 2 is 1.55 bits per heavy atom. The predicted molar refractivity (Wildman–Crippen MR) is 123 cm³/mol. The van der Waals surface area contributed by atoms with Gasteiger partial charge >= 0.3 is 5.97 Å². The molecule has 9 heteroatoms. The van der Waals surface area contributed by atoms with Gasteiger partial charge in [0.25, 0.3) is 5.56 Å². The third-order valence-electron chi connectivity index (χ3n) is 6.82. The van der Waals surface area contributed by atoms with Crippen molar-refractivity contribution in [2.45, 2.75) is 62.0 Å². The Hall–Kier alpha value is -3.07. The standard InChI is InChI=1S/C24H26N2O6S/c27-21-19(16-20-23(29)32-24(33(20,30)31)14-8-3-9-15-24)22(28)26(18-12-6-2-7-13-18)25(21)17-10-4-1-5-11-17/h1-2,4-7,10,12,16-18,27H,3,8-9,11,13-15H2. The van der Waals surface area contributed by atoms with E-state index in [0.717, 1.165) is 12.5 Å². The Morgan fingerprint density at radius 3 is 2.12 bits per heavy atom. The number of aromatic nitrogens is 2. The van der Waals surface area contributed by atoms with Crippen LogP contribution in [0.4, 0.5) is 0 Å². The molecule has 1 saturated heterocycles. The first kappa shape index (κ1) is 21.8. The lowest BCUT2D eigenvalue weighted by atomic mass is 9.97. The quantitative estimate of drug-likeness (QED) is 0.536. The van der Waals surface area contributed by atoms with Crippen molar-refractivity contribution in [3.05, 3.63) is 69.4 Å². The van der Waals surface area contributed by atoms with Crippen LogP contribution in [0.3, 0.4) is 0 Å². The Balaban J connectivity index is 1.66. The van der Waals surface area contributed by atoms with Crippen LogP contribution in [-0.4, -0.2) is 33.8 Å². The molecule has 1 spiro atoms. The lowest BCUT2D eigenvalue weighted by Crippen LogP contribution is -2.38. The molecule has 0 radical (unpaired) electrons. The molecule has 3 aliphatic carbocycles. The number of aromatic hydroxyl groups is 1. The van der Waals surface area contributed by atoms with Crippen molar-refractivity contribution in [1.29, 1.82) is 0 Å². The van der Waals surface area contributed by atoms with E-state index >= 15 is 0 Å². The van der Waals surface area contributed by atoms with Crippen LogP contribution in [0.2, 0.25) is 0 Å². The normalized spacial score (nSPS) is 28.6. The van der Waals surface area contributed by atoms with E-state index < -0.39 is 31.2 Å². The number of allylic oxidation sites excluding steroid dienone is 8. The molecule has 0 amide bonds. The smallest absolute Gasteiger partial charge is 0.351 e. The van der Waals surface area contributed by atoms with Gasteiger partial charge in [-0.25, -0.2) is 22.6 Å². The number of ether oxygens (including phenoxy) is 1. The van der Waals surface area contributed by atoms with Gasteiger partial charge in [-0.2, -0.15) is 0 Å². The van der Waals surface area contributed by atoms with E-state index in [2.05, 4.69) is 0 Å². The highest BCUT2D eigenvalue weighted by Gasteiger charge is 2.58. The average Bonchev–Trinajstić information content (AvgIpc) is 3.17. The molecule has 0 bridgehead atoms. The van der Waals surface area contributed by atoms with Crippen molar-refractivity contribution in [1.82, 2.24) is 9.36 Å². The highest BCUT2D eigenvalue weighted by atomic mass is 32.2. The van der Waals surface area contributed by atoms with Crippen molar-refractivity contribution < 1.29 is 23.1 Å². The van der Waals surface area contributed by atoms with Crippen molar-refractivity contribution in [3.8, 4) is 5.88 Å². The maximum atomic E-state index is 13.5. The number of esters is 1.